The lowest BCUT2D eigenvalue weighted by Crippen LogP contribution is -2.59. The Morgan fingerprint density at radius 3 is 1.36 bits per heavy atom. The average Bonchev–Trinajstić information content (AvgIpc) is 3.29. The van der Waals surface area contributed by atoms with E-state index in [0.717, 1.165) is 64.5 Å². The van der Waals surface area contributed by atoms with Crippen LogP contribution in [0, 0.1) is 23.7 Å². The molecule has 0 bridgehead atoms. The fourth-order valence-electron chi connectivity index (χ4n) is 8.42. The summed E-state index contributed by atoms with van der Waals surface area (Å²) in [5.41, 5.74) is 6.92. The van der Waals surface area contributed by atoms with Gasteiger partial charge in [0.15, 0.2) is 0 Å². The van der Waals surface area contributed by atoms with Gasteiger partial charge in [0.2, 0.25) is 17.7 Å². The SMILES string of the molecule is CCC(C)N1CCCCC1C(=O)O.CCOC(=O)/C(C)=C/[C@H](C(C)C)N(C)C(=O)C(N)C(C)C.CCOC(=O)/C(C)=C/[C@H](C(C)C)N(C)C(=O)C(NC(=O)C1CCCCN1C(C)CC)C(C)C. The first kappa shape index (κ1) is 63.2. The van der Waals surface area contributed by atoms with E-state index in [-0.39, 0.29) is 77.5 Å². The first-order valence-corrected chi connectivity index (χ1v) is 25.3. The van der Waals surface area contributed by atoms with Crippen LogP contribution in [0.1, 0.15) is 162 Å². The van der Waals surface area contributed by atoms with Crippen molar-refractivity contribution < 1.29 is 43.3 Å². The minimum absolute atomic E-state index is 0.0604. The summed E-state index contributed by atoms with van der Waals surface area (Å²) in [6.45, 7) is 33.8. The summed E-state index contributed by atoms with van der Waals surface area (Å²) in [5, 5.41) is 12.1. The standard InChI is InChI=1S/C26H47N3O4.C16H30N2O3.C10H19NO2/c1-10-20(8)29-15-13-12-14-21(29)24(30)27-23(18(5)6)25(31)28(9)22(17(3)4)16-19(7)26(32)33-11-2;1-8-21-16(20)12(6)9-13(10(2)3)18(7)15(19)14(17)11(4)5;1-3-8(2)11-7-5-4-6-9(11)10(12)13/h16-18,20-23H,10-15H2,1-9H3,(H,27,30);9-11,13-14H,8,17H2,1-7H3;8-9H,3-7H2,1-2H3,(H,12,13)/b19-16+;12-9+;/t20?,21?,22-,23?;13-,14?;/m11./s1. The molecule has 0 spiro atoms. The molecule has 15 nitrogen and oxygen atoms in total. The molecule has 0 saturated carbocycles. The van der Waals surface area contributed by atoms with E-state index < -0.39 is 18.1 Å². The van der Waals surface area contributed by atoms with Crippen molar-refractivity contribution in [2.75, 3.05) is 40.4 Å². The van der Waals surface area contributed by atoms with E-state index in [9.17, 15) is 28.8 Å². The van der Waals surface area contributed by atoms with Gasteiger partial charge in [-0.25, -0.2) is 9.59 Å². The lowest BCUT2D eigenvalue weighted by atomic mass is 9.95. The van der Waals surface area contributed by atoms with Crippen LogP contribution < -0.4 is 11.1 Å². The van der Waals surface area contributed by atoms with Crippen LogP contribution >= 0.6 is 0 Å². The van der Waals surface area contributed by atoms with E-state index in [0.29, 0.717) is 36.4 Å². The van der Waals surface area contributed by atoms with Crippen molar-refractivity contribution in [1.29, 1.82) is 0 Å². The molecule has 0 aromatic rings. The molecule has 2 fully saturated rings. The Bertz CT molecular complexity index is 1600. The second kappa shape index (κ2) is 32.1. The fourth-order valence-corrected chi connectivity index (χ4v) is 8.42. The third-order valence-corrected chi connectivity index (χ3v) is 13.2. The van der Waals surface area contributed by atoms with Gasteiger partial charge in [0.1, 0.15) is 12.1 Å². The van der Waals surface area contributed by atoms with Gasteiger partial charge in [0.25, 0.3) is 0 Å². The number of carboxylic acid groups (broad SMARTS) is 1. The molecule has 0 aliphatic carbocycles. The molecule has 2 saturated heterocycles. The highest BCUT2D eigenvalue weighted by molar-refractivity contribution is 5.91. The number of carbonyl (C=O) groups excluding carboxylic acids is 5. The second-order valence-corrected chi connectivity index (χ2v) is 19.9. The van der Waals surface area contributed by atoms with E-state index >= 15 is 0 Å². The average molecular weight is 949 g/mol. The molecular formula is C52H96N6O9. The molecule has 2 heterocycles. The van der Waals surface area contributed by atoms with Crippen LogP contribution in [0.25, 0.3) is 0 Å². The molecule has 2 rings (SSSR count). The number of likely N-dealkylation sites (tertiary alicyclic amines) is 2. The van der Waals surface area contributed by atoms with Crippen molar-refractivity contribution in [3.8, 4) is 0 Å². The molecule has 0 aromatic carbocycles. The van der Waals surface area contributed by atoms with Crippen LogP contribution in [-0.2, 0) is 38.2 Å². The third kappa shape index (κ3) is 20.7. The van der Waals surface area contributed by atoms with Crippen LogP contribution in [-0.4, -0.2) is 149 Å². The van der Waals surface area contributed by atoms with Crippen LogP contribution in [0.5, 0.6) is 0 Å². The molecule has 2 aliphatic rings. The molecule has 8 atom stereocenters. The number of ether oxygens (including phenoxy) is 2. The largest absolute Gasteiger partial charge is 0.480 e. The normalized spacial score (nSPS) is 20.0. The maximum absolute atomic E-state index is 13.5. The summed E-state index contributed by atoms with van der Waals surface area (Å²) in [6, 6.07) is -1.32. The van der Waals surface area contributed by atoms with Crippen LogP contribution in [0.15, 0.2) is 23.3 Å². The summed E-state index contributed by atoms with van der Waals surface area (Å²) in [4.78, 5) is 81.7. The smallest absolute Gasteiger partial charge is 0.333 e. The number of esters is 2. The summed E-state index contributed by atoms with van der Waals surface area (Å²) in [6.07, 6.45) is 11.6. The van der Waals surface area contributed by atoms with Gasteiger partial charge in [-0.05, 0) is 117 Å². The first-order valence-electron chi connectivity index (χ1n) is 25.3. The molecule has 4 N–H and O–H groups in total. The molecule has 6 unspecified atom stereocenters. The van der Waals surface area contributed by atoms with Gasteiger partial charge < -0.3 is 35.4 Å². The molecule has 15 heteroatoms. The summed E-state index contributed by atoms with van der Waals surface area (Å²) >= 11 is 0. The lowest BCUT2D eigenvalue weighted by molar-refractivity contribution is -0.146. The zero-order valence-corrected chi connectivity index (χ0v) is 45.1. The van der Waals surface area contributed by atoms with Gasteiger partial charge in [-0.1, -0.05) is 94.2 Å². The first-order chi connectivity index (χ1) is 31.2. The number of rotatable bonds is 21. The summed E-state index contributed by atoms with van der Waals surface area (Å²) in [7, 11) is 3.47. The van der Waals surface area contributed by atoms with Gasteiger partial charge >= 0.3 is 17.9 Å². The predicted molar refractivity (Wildman–Crippen MR) is 269 cm³/mol. The molecule has 0 aromatic heterocycles. The van der Waals surface area contributed by atoms with Gasteiger partial charge in [0.05, 0.1) is 37.4 Å². The maximum Gasteiger partial charge on any atom is 0.333 e. The second-order valence-electron chi connectivity index (χ2n) is 19.9. The number of likely N-dealkylation sites (N-methyl/N-ethyl adjacent to an activating group) is 2. The monoisotopic (exact) mass is 949 g/mol. The number of nitrogens with one attached hydrogen (secondary N) is 1. The van der Waals surface area contributed by atoms with Crippen LogP contribution in [0.2, 0.25) is 0 Å². The van der Waals surface area contributed by atoms with Gasteiger partial charge in [-0.3, -0.25) is 29.0 Å². The molecule has 0 radical (unpaired) electrons. The number of amides is 3. The number of aliphatic carboxylic acids is 1. The third-order valence-electron chi connectivity index (χ3n) is 13.2. The Kier molecular flexibility index (Phi) is 30.2. The maximum atomic E-state index is 13.5. The number of hydrogen-bond acceptors (Lipinski definition) is 11. The van der Waals surface area contributed by atoms with Crippen molar-refractivity contribution in [1.82, 2.24) is 24.9 Å². The number of piperidine rings is 2. The number of carboxylic acids is 1. The molecule has 2 aliphatic heterocycles. The van der Waals surface area contributed by atoms with Crippen LogP contribution in [0.3, 0.4) is 0 Å². The van der Waals surface area contributed by atoms with Gasteiger partial charge in [-0.15, -0.1) is 0 Å². The van der Waals surface area contributed by atoms with Crippen molar-refractivity contribution >= 4 is 35.6 Å². The van der Waals surface area contributed by atoms with E-state index in [2.05, 4.69) is 42.8 Å². The Morgan fingerprint density at radius 2 is 1.01 bits per heavy atom. The zero-order valence-electron chi connectivity index (χ0n) is 45.1. The number of nitrogens with zero attached hydrogens (tertiary/aromatic N) is 4. The summed E-state index contributed by atoms with van der Waals surface area (Å²) < 4.78 is 10.1. The molecule has 388 valence electrons. The Hall–Kier alpha value is -3.82. The van der Waals surface area contributed by atoms with Crippen molar-refractivity contribution in [3.63, 3.8) is 0 Å². The van der Waals surface area contributed by atoms with Crippen molar-refractivity contribution in [3.05, 3.63) is 23.3 Å². The van der Waals surface area contributed by atoms with E-state index in [4.69, 9.17) is 20.3 Å². The Labute approximate surface area is 406 Å². The minimum atomic E-state index is -0.653. The van der Waals surface area contributed by atoms with Crippen LogP contribution in [0.4, 0.5) is 0 Å². The van der Waals surface area contributed by atoms with E-state index in [1.54, 1.807) is 63.7 Å². The van der Waals surface area contributed by atoms with E-state index in [1.807, 2.05) is 55.4 Å². The molecular weight excluding hydrogens is 853 g/mol. The van der Waals surface area contributed by atoms with Crippen molar-refractivity contribution in [2.24, 2.45) is 29.4 Å². The highest BCUT2D eigenvalue weighted by Gasteiger charge is 2.37. The minimum Gasteiger partial charge on any atom is -0.480 e. The number of hydrogen-bond donors (Lipinski definition) is 3. The van der Waals surface area contributed by atoms with Gasteiger partial charge in [-0.2, -0.15) is 0 Å². The molecule has 3 amide bonds. The topological polar surface area (TPSA) is 192 Å². The quantitative estimate of drug-likeness (QED) is 0.0762. The number of nitrogens with two attached hydrogens (primary N) is 1. The Morgan fingerprint density at radius 1 is 0.627 bits per heavy atom. The number of carbonyl (C=O) groups is 6. The molecule has 67 heavy (non-hydrogen) atoms. The lowest BCUT2D eigenvalue weighted by Gasteiger charge is -2.40. The predicted octanol–water partition coefficient (Wildman–Crippen LogP) is 7.46. The van der Waals surface area contributed by atoms with Gasteiger partial charge in [0, 0.05) is 37.3 Å². The van der Waals surface area contributed by atoms with E-state index in [1.165, 1.54) is 0 Å². The zero-order chi connectivity index (χ0) is 51.9. The Balaban J connectivity index is 0.00000109. The highest BCUT2D eigenvalue weighted by atomic mass is 16.5. The fraction of sp³-hybridized carbons (Fsp3) is 0.808. The summed E-state index contributed by atoms with van der Waals surface area (Å²) in [5.74, 6) is -1.43. The highest BCUT2D eigenvalue weighted by Crippen LogP contribution is 2.24. The van der Waals surface area contributed by atoms with Crippen molar-refractivity contribution in [2.45, 2.75) is 210 Å².